The van der Waals surface area contributed by atoms with Crippen molar-refractivity contribution < 1.29 is 4.52 Å². The summed E-state index contributed by atoms with van der Waals surface area (Å²) in [5.74, 6) is 1.25. The zero-order valence-corrected chi connectivity index (χ0v) is 11.5. The Hall–Kier alpha value is -1.53. The predicted octanol–water partition coefficient (Wildman–Crippen LogP) is 2.16. The maximum atomic E-state index is 5.15. The molecule has 0 saturated heterocycles. The lowest BCUT2D eigenvalue weighted by Crippen LogP contribution is -2.24. The fraction of sp³-hybridized carbons (Fsp3) is 0.417. The van der Waals surface area contributed by atoms with Gasteiger partial charge in [0.1, 0.15) is 0 Å². The number of nitrogens with one attached hydrogen (secondary N) is 1. The number of nitrogens with zero attached hydrogens (tertiary/aromatic N) is 3. The monoisotopic (exact) mass is 264 g/mol. The molecule has 0 aliphatic rings. The third kappa shape index (κ3) is 3.48. The normalized spacial score (nSPS) is 13.3. The summed E-state index contributed by atoms with van der Waals surface area (Å²) >= 11 is 1.63. The minimum absolute atomic E-state index is 0.337. The first-order valence-corrected chi connectivity index (χ1v) is 6.59. The van der Waals surface area contributed by atoms with Gasteiger partial charge >= 0.3 is 0 Å². The summed E-state index contributed by atoms with van der Waals surface area (Å²) in [5.41, 5.74) is 0. The highest BCUT2D eigenvalue weighted by Crippen LogP contribution is 2.14. The van der Waals surface area contributed by atoms with Gasteiger partial charge in [-0.1, -0.05) is 5.16 Å². The summed E-state index contributed by atoms with van der Waals surface area (Å²) in [4.78, 5) is 9.56. The molecule has 0 fully saturated rings. The Bertz CT molecular complexity index is 532. The molecule has 2 aromatic heterocycles. The van der Waals surface area contributed by atoms with Crippen molar-refractivity contribution in [1.82, 2.24) is 20.4 Å². The van der Waals surface area contributed by atoms with E-state index in [2.05, 4.69) is 27.4 Å². The van der Waals surface area contributed by atoms with Crippen LogP contribution in [-0.4, -0.2) is 28.2 Å². The average Bonchev–Trinajstić information content (AvgIpc) is 2.96. The first kappa shape index (κ1) is 12.9. The summed E-state index contributed by atoms with van der Waals surface area (Å²) < 4.78 is 5.15. The molecule has 1 atom stereocenters. The van der Waals surface area contributed by atoms with Crippen LogP contribution in [0, 0.1) is 6.92 Å². The zero-order chi connectivity index (χ0) is 13.0. The second-order valence-electron chi connectivity index (χ2n) is 4.06. The van der Waals surface area contributed by atoms with Crippen molar-refractivity contribution >= 4 is 23.5 Å². The van der Waals surface area contributed by atoms with Crippen molar-refractivity contribution in [3.8, 4) is 0 Å². The minimum Gasteiger partial charge on any atom is -0.335 e. The third-order valence-electron chi connectivity index (χ3n) is 2.49. The molecule has 6 heteroatoms. The molecule has 0 spiro atoms. The van der Waals surface area contributed by atoms with Crippen LogP contribution in [0.2, 0.25) is 0 Å². The van der Waals surface area contributed by atoms with Crippen molar-refractivity contribution in [3.05, 3.63) is 27.8 Å². The SMILES string of the molecule is CNC(C)Cc1noc(/C=C/c2cnc(C)s2)n1. The molecule has 0 radical (unpaired) electrons. The zero-order valence-electron chi connectivity index (χ0n) is 10.7. The third-order valence-corrected chi connectivity index (χ3v) is 3.37. The molecule has 5 nitrogen and oxygen atoms in total. The highest BCUT2D eigenvalue weighted by Gasteiger charge is 2.07. The lowest BCUT2D eigenvalue weighted by molar-refractivity contribution is 0.400. The summed E-state index contributed by atoms with van der Waals surface area (Å²) in [6, 6.07) is 0.337. The van der Waals surface area contributed by atoms with Gasteiger partial charge in [0.15, 0.2) is 5.82 Å². The van der Waals surface area contributed by atoms with Crippen molar-refractivity contribution in [2.24, 2.45) is 0 Å². The van der Waals surface area contributed by atoms with Gasteiger partial charge < -0.3 is 9.84 Å². The molecular weight excluding hydrogens is 248 g/mol. The molecule has 2 rings (SSSR count). The van der Waals surface area contributed by atoms with E-state index in [1.807, 2.05) is 32.3 Å². The molecule has 18 heavy (non-hydrogen) atoms. The Balaban J connectivity index is 2.00. The van der Waals surface area contributed by atoms with Gasteiger partial charge in [-0.2, -0.15) is 4.98 Å². The number of likely N-dealkylation sites (N-methyl/N-ethyl adjacent to an activating group) is 1. The molecule has 2 aromatic rings. The Labute approximate surface area is 110 Å². The fourth-order valence-corrected chi connectivity index (χ4v) is 2.09. The molecule has 0 saturated carbocycles. The Morgan fingerprint density at radius 1 is 1.50 bits per heavy atom. The lowest BCUT2D eigenvalue weighted by atomic mass is 10.2. The van der Waals surface area contributed by atoms with E-state index in [4.69, 9.17) is 4.52 Å². The van der Waals surface area contributed by atoms with Gasteiger partial charge in [0.05, 0.1) is 5.01 Å². The molecule has 0 aromatic carbocycles. The van der Waals surface area contributed by atoms with Crippen molar-refractivity contribution in [3.63, 3.8) is 0 Å². The summed E-state index contributed by atoms with van der Waals surface area (Å²) in [5, 5.41) is 8.11. The number of aromatic nitrogens is 3. The number of thiazole rings is 1. The molecule has 0 aliphatic carbocycles. The Morgan fingerprint density at radius 3 is 3.00 bits per heavy atom. The number of rotatable bonds is 5. The van der Waals surface area contributed by atoms with Gasteiger partial charge in [0, 0.05) is 29.6 Å². The van der Waals surface area contributed by atoms with Crippen LogP contribution < -0.4 is 5.32 Å². The molecular formula is C12H16N4OS. The second kappa shape index (κ2) is 5.88. The van der Waals surface area contributed by atoms with Crippen molar-refractivity contribution in [2.75, 3.05) is 7.05 Å². The molecule has 96 valence electrons. The summed E-state index contributed by atoms with van der Waals surface area (Å²) in [7, 11) is 1.91. The van der Waals surface area contributed by atoms with E-state index in [1.165, 1.54) is 0 Å². The quantitative estimate of drug-likeness (QED) is 0.896. The highest BCUT2D eigenvalue weighted by atomic mass is 32.1. The first-order chi connectivity index (χ1) is 8.67. The van der Waals surface area contributed by atoms with Gasteiger partial charge in [0.2, 0.25) is 0 Å². The topological polar surface area (TPSA) is 63.8 Å². The largest absolute Gasteiger partial charge is 0.335 e. The van der Waals surface area contributed by atoms with Gasteiger partial charge in [-0.15, -0.1) is 11.3 Å². The molecule has 1 N–H and O–H groups in total. The van der Waals surface area contributed by atoms with Crippen LogP contribution in [0.5, 0.6) is 0 Å². The van der Waals surface area contributed by atoms with Crippen LogP contribution in [0.25, 0.3) is 12.2 Å². The maximum absolute atomic E-state index is 5.15. The van der Waals surface area contributed by atoms with Crippen LogP contribution in [-0.2, 0) is 6.42 Å². The average molecular weight is 264 g/mol. The molecule has 0 bridgehead atoms. The first-order valence-electron chi connectivity index (χ1n) is 5.77. The van der Waals surface area contributed by atoms with E-state index in [1.54, 1.807) is 11.3 Å². The molecule has 0 aliphatic heterocycles. The predicted molar refractivity (Wildman–Crippen MR) is 72.3 cm³/mol. The Kier molecular flexibility index (Phi) is 4.22. The number of hydrogen-bond acceptors (Lipinski definition) is 6. The van der Waals surface area contributed by atoms with Crippen LogP contribution in [0.4, 0.5) is 0 Å². The van der Waals surface area contributed by atoms with Crippen LogP contribution in [0.1, 0.15) is 28.5 Å². The smallest absolute Gasteiger partial charge is 0.250 e. The highest BCUT2D eigenvalue weighted by molar-refractivity contribution is 7.12. The van der Waals surface area contributed by atoms with Crippen molar-refractivity contribution in [1.29, 1.82) is 0 Å². The van der Waals surface area contributed by atoms with Gasteiger partial charge in [-0.3, -0.25) is 0 Å². The number of hydrogen-bond donors (Lipinski definition) is 1. The van der Waals surface area contributed by atoms with Crippen LogP contribution >= 0.6 is 11.3 Å². The van der Waals surface area contributed by atoms with E-state index >= 15 is 0 Å². The molecule has 2 heterocycles. The van der Waals surface area contributed by atoms with E-state index in [-0.39, 0.29) is 0 Å². The Morgan fingerprint density at radius 2 is 2.33 bits per heavy atom. The van der Waals surface area contributed by atoms with Crippen LogP contribution in [0.15, 0.2) is 10.7 Å². The van der Waals surface area contributed by atoms with Gasteiger partial charge in [-0.05, 0) is 27.0 Å². The molecule has 1 unspecified atom stereocenters. The van der Waals surface area contributed by atoms with E-state index < -0.39 is 0 Å². The standard InChI is InChI=1S/C12H16N4OS/c1-8(13-3)6-11-15-12(17-16-11)5-4-10-7-14-9(2)18-10/h4-5,7-8,13H,6H2,1-3H3/b5-4+. The second-order valence-corrected chi connectivity index (χ2v) is 5.32. The van der Waals surface area contributed by atoms with Gasteiger partial charge in [-0.25, -0.2) is 4.98 Å². The maximum Gasteiger partial charge on any atom is 0.250 e. The van der Waals surface area contributed by atoms with E-state index in [0.717, 1.165) is 22.1 Å². The number of aryl methyl sites for hydroxylation is 1. The lowest BCUT2D eigenvalue weighted by Gasteiger charge is -2.04. The minimum atomic E-state index is 0.337. The van der Waals surface area contributed by atoms with Crippen LogP contribution in [0.3, 0.4) is 0 Å². The van der Waals surface area contributed by atoms with Crippen molar-refractivity contribution in [2.45, 2.75) is 26.3 Å². The van der Waals surface area contributed by atoms with E-state index in [0.29, 0.717) is 11.9 Å². The molecule has 0 amide bonds. The van der Waals surface area contributed by atoms with Gasteiger partial charge in [0.25, 0.3) is 5.89 Å². The summed E-state index contributed by atoms with van der Waals surface area (Å²) in [6.07, 6.45) is 6.33. The fourth-order valence-electron chi connectivity index (χ4n) is 1.40. The van der Waals surface area contributed by atoms with E-state index in [9.17, 15) is 0 Å². The summed E-state index contributed by atoms with van der Waals surface area (Å²) in [6.45, 7) is 4.05.